The van der Waals surface area contributed by atoms with Gasteiger partial charge in [0, 0.05) is 48.8 Å². The minimum atomic E-state index is 0.115. The highest BCUT2D eigenvalue weighted by molar-refractivity contribution is 7.98. The van der Waals surface area contributed by atoms with E-state index in [9.17, 15) is 4.79 Å². The molecule has 31 heavy (non-hydrogen) atoms. The second-order valence-corrected chi connectivity index (χ2v) is 9.26. The number of amides is 1. The number of nitrogens with zero attached hydrogens (tertiary/aromatic N) is 3. The summed E-state index contributed by atoms with van der Waals surface area (Å²) in [7, 11) is 0. The van der Waals surface area contributed by atoms with Crippen molar-refractivity contribution in [2.45, 2.75) is 17.2 Å². The first-order valence-corrected chi connectivity index (χ1v) is 12.2. The summed E-state index contributed by atoms with van der Waals surface area (Å²) in [6, 6.07) is 14.0. The Balaban J connectivity index is 1.18. The Hall–Kier alpha value is -2.55. The molecule has 0 radical (unpaired) electrons. The number of aromatic nitrogens is 1. The highest BCUT2D eigenvalue weighted by Crippen LogP contribution is 2.33. The van der Waals surface area contributed by atoms with E-state index in [-0.39, 0.29) is 5.91 Å². The number of hydrogen-bond donors (Lipinski definition) is 0. The van der Waals surface area contributed by atoms with Crippen LogP contribution in [0.1, 0.15) is 21.6 Å². The number of carbonyl (C=O) groups is 1. The second-order valence-electron chi connectivity index (χ2n) is 7.52. The third kappa shape index (κ3) is 4.71. The number of rotatable bonds is 6. The molecular weight excluding hydrogens is 430 g/mol. The van der Waals surface area contributed by atoms with Crippen LogP contribution in [-0.4, -0.2) is 53.7 Å². The smallest absolute Gasteiger partial charge is 0.255 e. The van der Waals surface area contributed by atoms with Gasteiger partial charge in [-0.1, -0.05) is 18.2 Å². The lowest BCUT2D eigenvalue weighted by atomic mass is 10.1. The molecule has 2 aromatic carbocycles. The van der Waals surface area contributed by atoms with Gasteiger partial charge in [-0.2, -0.15) is 0 Å². The zero-order valence-corrected chi connectivity index (χ0v) is 18.7. The lowest BCUT2D eigenvalue weighted by Gasteiger charge is -2.35. The van der Waals surface area contributed by atoms with Crippen LogP contribution in [0.15, 0.2) is 58.3 Å². The lowest BCUT2D eigenvalue weighted by Crippen LogP contribution is -2.48. The predicted molar refractivity (Wildman–Crippen MR) is 122 cm³/mol. The molecule has 1 amide bonds. The number of ether oxygens (including phenoxy) is 2. The van der Waals surface area contributed by atoms with E-state index in [4.69, 9.17) is 9.47 Å². The van der Waals surface area contributed by atoms with Gasteiger partial charge in [0.2, 0.25) is 6.79 Å². The van der Waals surface area contributed by atoms with Crippen molar-refractivity contribution in [1.82, 2.24) is 14.8 Å². The highest BCUT2D eigenvalue weighted by atomic mass is 32.2. The van der Waals surface area contributed by atoms with Crippen LogP contribution in [0.5, 0.6) is 11.5 Å². The van der Waals surface area contributed by atoms with Gasteiger partial charge in [0.15, 0.2) is 11.5 Å². The molecule has 0 aliphatic carbocycles. The lowest BCUT2D eigenvalue weighted by molar-refractivity contribution is 0.0625. The van der Waals surface area contributed by atoms with Gasteiger partial charge < -0.3 is 14.4 Å². The average molecular weight is 454 g/mol. The van der Waals surface area contributed by atoms with E-state index < -0.39 is 0 Å². The maximum absolute atomic E-state index is 13.2. The average Bonchev–Trinajstić information content (AvgIpc) is 3.50. The molecule has 0 N–H and O–H groups in total. The minimum Gasteiger partial charge on any atom is -0.454 e. The molecule has 160 valence electrons. The number of benzene rings is 2. The van der Waals surface area contributed by atoms with Gasteiger partial charge in [0.1, 0.15) is 0 Å². The third-order valence-corrected chi connectivity index (χ3v) is 7.22. The summed E-state index contributed by atoms with van der Waals surface area (Å²) in [6.07, 6.45) is 0. The number of carbonyl (C=O) groups excluding carboxylic acids is 1. The molecule has 2 aliphatic rings. The summed E-state index contributed by atoms with van der Waals surface area (Å²) >= 11 is 3.27. The van der Waals surface area contributed by atoms with E-state index in [1.165, 1.54) is 5.56 Å². The van der Waals surface area contributed by atoms with Gasteiger partial charge in [0.25, 0.3) is 5.91 Å². The van der Waals surface area contributed by atoms with E-state index in [1.54, 1.807) is 23.1 Å². The summed E-state index contributed by atoms with van der Waals surface area (Å²) in [5, 5.41) is 2.05. The molecule has 3 heterocycles. The molecule has 0 spiro atoms. The number of piperazine rings is 1. The number of thioether (sulfide) groups is 1. The molecule has 1 aromatic heterocycles. The summed E-state index contributed by atoms with van der Waals surface area (Å²) in [6.45, 7) is 4.31. The summed E-state index contributed by atoms with van der Waals surface area (Å²) in [4.78, 5) is 22.9. The molecule has 0 bridgehead atoms. The molecule has 0 unspecified atom stereocenters. The maximum atomic E-state index is 13.2. The Labute approximate surface area is 189 Å². The van der Waals surface area contributed by atoms with E-state index in [2.05, 4.69) is 27.4 Å². The molecule has 2 aliphatic heterocycles. The van der Waals surface area contributed by atoms with Crippen molar-refractivity contribution in [1.29, 1.82) is 0 Å². The Morgan fingerprint density at radius 1 is 1.06 bits per heavy atom. The first-order valence-electron chi connectivity index (χ1n) is 10.3. The molecule has 6 nitrogen and oxygen atoms in total. The Bertz CT molecular complexity index is 1050. The van der Waals surface area contributed by atoms with Crippen LogP contribution in [-0.2, 0) is 12.3 Å². The molecule has 1 saturated heterocycles. The monoisotopic (exact) mass is 453 g/mol. The zero-order valence-electron chi connectivity index (χ0n) is 17.0. The van der Waals surface area contributed by atoms with Crippen molar-refractivity contribution in [2.75, 3.05) is 33.0 Å². The van der Waals surface area contributed by atoms with Gasteiger partial charge in [0.05, 0.1) is 16.8 Å². The van der Waals surface area contributed by atoms with Crippen molar-refractivity contribution in [2.24, 2.45) is 0 Å². The minimum absolute atomic E-state index is 0.115. The fraction of sp³-hybridized carbons (Fsp3) is 0.304. The van der Waals surface area contributed by atoms with Crippen molar-refractivity contribution >= 4 is 29.0 Å². The van der Waals surface area contributed by atoms with Crippen LogP contribution in [0.4, 0.5) is 0 Å². The van der Waals surface area contributed by atoms with Crippen LogP contribution in [0.2, 0.25) is 0 Å². The summed E-state index contributed by atoms with van der Waals surface area (Å²) in [5.41, 5.74) is 4.88. The summed E-state index contributed by atoms with van der Waals surface area (Å²) in [5.74, 6) is 2.52. The van der Waals surface area contributed by atoms with E-state index >= 15 is 0 Å². The van der Waals surface area contributed by atoms with Crippen LogP contribution in [0, 0.1) is 0 Å². The Kier molecular flexibility index (Phi) is 6.11. The zero-order chi connectivity index (χ0) is 21.0. The maximum Gasteiger partial charge on any atom is 0.255 e. The fourth-order valence-corrected chi connectivity index (χ4v) is 5.42. The van der Waals surface area contributed by atoms with Gasteiger partial charge in [-0.15, -0.1) is 23.1 Å². The van der Waals surface area contributed by atoms with Crippen LogP contribution in [0.25, 0.3) is 0 Å². The van der Waals surface area contributed by atoms with Crippen molar-refractivity contribution in [3.8, 4) is 11.5 Å². The summed E-state index contributed by atoms with van der Waals surface area (Å²) < 4.78 is 10.9. The van der Waals surface area contributed by atoms with Gasteiger partial charge in [-0.3, -0.25) is 9.69 Å². The van der Waals surface area contributed by atoms with E-state index in [0.717, 1.165) is 66.1 Å². The van der Waals surface area contributed by atoms with Crippen molar-refractivity contribution in [3.05, 3.63) is 70.2 Å². The quantitative estimate of drug-likeness (QED) is 0.524. The number of fused-ring (bicyclic) bond motifs is 1. The first kappa shape index (κ1) is 20.4. The van der Waals surface area contributed by atoms with E-state index in [0.29, 0.717) is 6.79 Å². The molecule has 8 heteroatoms. The van der Waals surface area contributed by atoms with Gasteiger partial charge >= 0.3 is 0 Å². The standard InChI is InChI=1S/C23H23N3O3S2/c27-23(19-3-1-2-4-22(19)31-14-18-13-30-15-24-18)26-9-7-25(8-10-26)12-17-5-6-20-21(11-17)29-16-28-20/h1-6,11,13,15H,7-10,12,14,16H2. The molecule has 1 fully saturated rings. The van der Waals surface area contributed by atoms with Gasteiger partial charge in [-0.25, -0.2) is 4.98 Å². The second kappa shape index (κ2) is 9.30. The normalized spacial score (nSPS) is 15.9. The molecule has 5 rings (SSSR count). The fourth-order valence-electron chi connectivity index (χ4n) is 3.81. The van der Waals surface area contributed by atoms with Crippen LogP contribution in [0.3, 0.4) is 0 Å². The van der Waals surface area contributed by atoms with E-state index in [1.807, 2.05) is 40.7 Å². The Morgan fingerprint density at radius 3 is 2.74 bits per heavy atom. The largest absolute Gasteiger partial charge is 0.454 e. The predicted octanol–water partition coefficient (Wildman–Crippen LogP) is 4.12. The molecular formula is C23H23N3O3S2. The molecule has 0 saturated carbocycles. The number of thiazole rings is 1. The number of hydrogen-bond acceptors (Lipinski definition) is 7. The van der Waals surface area contributed by atoms with Crippen LogP contribution >= 0.6 is 23.1 Å². The topological polar surface area (TPSA) is 54.9 Å². The van der Waals surface area contributed by atoms with Crippen molar-refractivity contribution < 1.29 is 14.3 Å². The molecule has 0 atom stereocenters. The third-order valence-electron chi connectivity index (χ3n) is 5.48. The SMILES string of the molecule is O=C(c1ccccc1SCc1cscn1)N1CCN(Cc2ccc3c(c2)OCO3)CC1. The molecule has 3 aromatic rings. The first-order chi connectivity index (χ1) is 15.3. The van der Waals surface area contributed by atoms with Gasteiger partial charge in [-0.05, 0) is 29.8 Å². The Morgan fingerprint density at radius 2 is 1.90 bits per heavy atom. The van der Waals surface area contributed by atoms with Crippen LogP contribution < -0.4 is 9.47 Å². The van der Waals surface area contributed by atoms with Crippen molar-refractivity contribution in [3.63, 3.8) is 0 Å². The highest BCUT2D eigenvalue weighted by Gasteiger charge is 2.24.